The average Bonchev–Trinajstić information content (AvgIpc) is 3.14. The van der Waals surface area contributed by atoms with Crippen LogP contribution in [-0.2, 0) is 16.0 Å². The van der Waals surface area contributed by atoms with Gasteiger partial charge >= 0.3 is 0 Å². The molecule has 2 heterocycles. The number of para-hydroxylation sites is 1. The van der Waals surface area contributed by atoms with Crippen LogP contribution in [0, 0.1) is 0 Å². The number of benzene rings is 2. The topological polar surface area (TPSA) is 73.5 Å². The van der Waals surface area contributed by atoms with Crippen molar-refractivity contribution in [3.8, 4) is 0 Å². The lowest BCUT2D eigenvalue weighted by molar-refractivity contribution is -0.123. The van der Waals surface area contributed by atoms with Gasteiger partial charge in [-0.1, -0.05) is 72.5 Å². The molecule has 0 saturated carbocycles. The fourth-order valence-electron chi connectivity index (χ4n) is 3.77. The van der Waals surface area contributed by atoms with Crippen molar-refractivity contribution in [1.82, 2.24) is 16.0 Å². The van der Waals surface area contributed by atoms with Crippen LogP contribution in [0.4, 0.5) is 5.69 Å². The number of fused-ring (bicyclic) bond motifs is 1. The number of thiocarbonyl (C=S) groups is 1. The zero-order valence-electron chi connectivity index (χ0n) is 17.7. The quantitative estimate of drug-likeness (QED) is 0.495. The smallest absolute Gasteiger partial charge is 0.238 e. The summed E-state index contributed by atoms with van der Waals surface area (Å²) in [4.78, 5) is 27.1. The highest BCUT2D eigenvalue weighted by molar-refractivity contribution is 8.24. The van der Waals surface area contributed by atoms with E-state index in [0.717, 1.165) is 18.5 Å². The van der Waals surface area contributed by atoms with Crippen molar-refractivity contribution < 1.29 is 9.59 Å². The highest BCUT2D eigenvalue weighted by Crippen LogP contribution is 2.37. The van der Waals surface area contributed by atoms with Crippen LogP contribution in [0.3, 0.4) is 0 Å². The number of thioether (sulfide) groups is 2. The van der Waals surface area contributed by atoms with Crippen molar-refractivity contribution in [2.45, 2.75) is 42.7 Å². The van der Waals surface area contributed by atoms with Gasteiger partial charge in [0.1, 0.15) is 21.2 Å². The number of amides is 2. The Labute approximate surface area is 202 Å². The minimum absolute atomic E-state index is 0.0371. The molecule has 168 valence electrons. The first-order valence-corrected chi connectivity index (χ1v) is 12.9. The molecule has 0 bridgehead atoms. The summed E-state index contributed by atoms with van der Waals surface area (Å²) in [6, 6.07) is 20.2. The average molecular weight is 487 g/mol. The molecular weight excluding hydrogens is 460 g/mol. The van der Waals surface area contributed by atoms with Gasteiger partial charge in [-0.05, 0) is 37.5 Å². The van der Waals surface area contributed by atoms with Crippen LogP contribution in [0.1, 0.15) is 18.9 Å². The summed E-state index contributed by atoms with van der Waals surface area (Å²) in [7, 11) is 0. The van der Waals surface area contributed by atoms with E-state index in [1.807, 2.05) is 60.4 Å². The van der Waals surface area contributed by atoms with E-state index < -0.39 is 0 Å². The van der Waals surface area contributed by atoms with Crippen molar-refractivity contribution in [2.75, 3.05) is 10.7 Å². The molecule has 2 fully saturated rings. The van der Waals surface area contributed by atoms with Crippen molar-refractivity contribution >= 4 is 57.6 Å². The van der Waals surface area contributed by atoms with Gasteiger partial charge in [0, 0.05) is 11.7 Å². The first-order chi connectivity index (χ1) is 15.5. The summed E-state index contributed by atoms with van der Waals surface area (Å²) >= 11 is 8.31. The molecule has 2 aromatic rings. The zero-order chi connectivity index (χ0) is 22.5. The molecule has 32 heavy (non-hydrogen) atoms. The van der Waals surface area contributed by atoms with Crippen LogP contribution in [0.25, 0.3) is 0 Å². The molecule has 2 amide bonds. The molecule has 4 unspecified atom stereocenters. The van der Waals surface area contributed by atoms with Gasteiger partial charge in [-0.3, -0.25) is 14.9 Å². The van der Waals surface area contributed by atoms with Crippen LogP contribution in [0.2, 0.25) is 0 Å². The molecule has 9 heteroatoms. The van der Waals surface area contributed by atoms with Gasteiger partial charge in [-0.15, -0.1) is 11.8 Å². The second kappa shape index (κ2) is 10.7. The van der Waals surface area contributed by atoms with Crippen LogP contribution in [0.5, 0.6) is 0 Å². The summed E-state index contributed by atoms with van der Waals surface area (Å²) < 4.78 is 0.671. The lowest BCUT2D eigenvalue weighted by atomic mass is 10.1. The molecule has 4 atom stereocenters. The van der Waals surface area contributed by atoms with Crippen LogP contribution in [0.15, 0.2) is 60.7 Å². The number of rotatable bonds is 8. The van der Waals surface area contributed by atoms with Gasteiger partial charge < -0.3 is 15.5 Å². The Morgan fingerprint density at radius 3 is 2.59 bits per heavy atom. The predicted molar refractivity (Wildman–Crippen MR) is 137 cm³/mol. The third-order valence-corrected chi connectivity index (χ3v) is 8.00. The predicted octanol–water partition coefficient (Wildman–Crippen LogP) is 3.09. The molecule has 4 rings (SSSR count). The van der Waals surface area contributed by atoms with Crippen molar-refractivity contribution in [2.24, 2.45) is 0 Å². The van der Waals surface area contributed by atoms with Crippen molar-refractivity contribution in [1.29, 1.82) is 0 Å². The van der Waals surface area contributed by atoms with Gasteiger partial charge in [-0.2, -0.15) is 0 Å². The molecular formula is C23H26N4O2S3. The molecule has 0 radical (unpaired) electrons. The summed E-state index contributed by atoms with van der Waals surface area (Å²) in [6.45, 7) is 2.02. The first kappa shape index (κ1) is 23.1. The molecule has 2 aromatic carbocycles. The second-order valence-corrected chi connectivity index (χ2v) is 10.7. The van der Waals surface area contributed by atoms with E-state index in [9.17, 15) is 9.59 Å². The number of hydrogen-bond acceptors (Lipinski definition) is 6. The monoisotopic (exact) mass is 486 g/mol. The molecule has 3 N–H and O–H groups in total. The van der Waals surface area contributed by atoms with E-state index in [2.05, 4.69) is 28.1 Å². The first-order valence-electron chi connectivity index (χ1n) is 10.6. The minimum atomic E-state index is -0.359. The van der Waals surface area contributed by atoms with Crippen LogP contribution in [-0.4, -0.2) is 44.8 Å². The summed E-state index contributed by atoms with van der Waals surface area (Å²) in [5, 5.41) is 9.15. The van der Waals surface area contributed by atoms with Gasteiger partial charge in [0.2, 0.25) is 11.8 Å². The van der Waals surface area contributed by atoms with E-state index in [0.29, 0.717) is 4.32 Å². The van der Waals surface area contributed by atoms with E-state index in [1.165, 1.54) is 29.1 Å². The number of carbonyl (C=O) groups excluding carboxylic acids is 2. The summed E-state index contributed by atoms with van der Waals surface area (Å²) in [5.74, 6) is 0.159. The third-order valence-electron chi connectivity index (χ3n) is 5.38. The normalized spacial score (nSPS) is 23.4. The zero-order valence-corrected chi connectivity index (χ0v) is 20.1. The molecule has 0 aromatic heterocycles. The summed E-state index contributed by atoms with van der Waals surface area (Å²) in [6.07, 6.45) is 1.56. The van der Waals surface area contributed by atoms with Gasteiger partial charge in [-0.25, -0.2) is 0 Å². The fourth-order valence-corrected chi connectivity index (χ4v) is 6.19. The van der Waals surface area contributed by atoms with Crippen LogP contribution < -0.4 is 20.9 Å². The minimum Gasteiger partial charge on any atom is -0.353 e. The highest BCUT2D eigenvalue weighted by atomic mass is 32.2. The Bertz CT molecular complexity index is 960. The SMILES string of the molecule is CC(CCc1ccccc1)NC(=O)CSC1NC(=O)C2SC(=S)N(c3ccccc3)C2N1. The van der Waals surface area contributed by atoms with Crippen molar-refractivity contribution in [3.63, 3.8) is 0 Å². The number of nitrogens with zero attached hydrogens (tertiary/aromatic N) is 1. The number of hydrogen-bond donors (Lipinski definition) is 3. The van der Waals surface area contributed by atoms with E-state index in [1.54, 1.807) is 0 Å². The summed E-state index contributed by atoms with van der Waals surface area (Å²) in [5.41, 5.74) is 1.86. The maximum atomic E-state index is 12.7. The molecule has 2 aliphatic rings. The Balaban J connectivity index is 1.28. The molecule has 6 nitrogen and oxygen atoms in total. The van der Waals surface area contributed by atoms with Gasteiger partial charge in [0.05, 0.1) is 5.75 Å². The maximum Gasteiger partial charge on any atom is 0.238 e. The Hall–Kier alpha value is -2.07. The van der Waals surface area contributed by atoms with Gasteiger partial charge in [0.15, 0.2) is 0 Å². The molecule has 2 saturated heterocycles. The highest BCUT2D eigenvalue weighted by Gasteiger charge is 2.47. The third kappa shape index (κ3) is 5.64. The number of carbonyl (C=O) groups is 2. The Kier molecular flexibility index (Phi) is 7.72. The number of nitrogens with one attached hydrogen (secondary N) is 3. The van der Waals surface area contributed by atoms with Crippen molar-refractivity contribution in [3.05, 3.63) is 66.2 Å². The standard InChI is InChI=1S/C23H26N4O2S3/c1-15(12-13-16-8-4-2-5-9-16)24-18(28)14-31-22-25-20-19(21(29)26-22)32-23(30)27(20)17-10-6-3-7-11-17/h2-11,15,19-20,22,25H,12-14H2,1H3,(H,24,28)(H,26,29). The molecule has 0 aliphatic carbocycles. The largest absolute Gasteiger partial charge is 0.353 e. The maximum absolute atomic E-state index is 12.7. The molecule has 0 spiro atoms. The fraction of sp³-hybridized carbons (Fsp3) is 0.348. The lowest BCUT2D eigenvalue weighted by Gasteiger charge is -2.36. The number of anilines is 1. The second-order valence-electron chi connectivity index (χ2n) is 7.81. The van der Waals surface area contributed by atoms with E-state index in [4.69, 9.17) is 12.2 Å². The molecule has 2 aliphatic heterocycles. The Morgan fingerprint density at radius 1 is 1.19 bits per heavy atom. The Morgan fingerprint density at radius 2 is 1.88 bits per heavy atom. The van der Waals surface area contributed by atoms with Gasteiger partial charge in [0.25, 0.3) is 0 Å². The lowest BCUT2D eigenvalue weighted by Crippen LogP contribution is -2.64. The van der Waals surface area contributed by atoms with Crippen LogP contribution >= 0.6 is 35.7 Å². The van der Waals surface area contributed by atoms with E-state index in [-0.39, 0.29) is 40.5 Å². The van der Waals surface area contributed by atoms with E-state index >= 15 is 0 Å². The number of aryl methyl sites for hydroxylation is 1.